The highest BCUT2D eigenvalue weighted by Gasteiger charge is 2.49. The minimum atomic E-state index is -1.72. The van der Waals surface area contributed by atoms with Crippen LogP contribution >= 0.6 is 11.6 Å². The Morgan fingerprint density at radius 3 is 1.90 bits per heavy atom. The summed E-state index contributed by atoms with van der Waals surface area (Å²) in [7, 11) is 1.18. The van der Waals surface area contributed by atoms with Crippen LogP contribution in [0.15, 0.2) is 36.4 Å². The maximum absolute atomic E-state index is 13.5. The Bertz CT molecular complexity index is 676. The van der Waals surface area contributed by atoms with Gasteiger partial charge in [0.15, 0.2) is 4.87 Å². The number of alkyl halides is 1. The van der Waals surface area contributed by atoms with Gasteiger partial charge in [-0.05, 0) is 46.5 Å². The Labute approximate surface area is 118 Å². The SMILES string of the molecule is COC(=O)C1(Cl)c2cc(F)ccc2-c2ccc(F)cc21. The lowest BCUT2D eigenvalue weighted by Gasteiger charge is -2.21. The van der Waals surface area contributed by atoms with Gasteiger partial charge in [-0.15, -0.1) is 0 Å². The van der Waals surface area contributed by atoms with Gasteiger partial charge in [0.1, 0.15) is 11.6 Å². The van der Waals surface area contributed by atoms with Crippen LogP contribution in [-0.4, -0.2) is 13.1 Å². The smallest absolute Gasteiger partial charge is 0.336 e. The van der Waals surface area contributed by atoms with E-state index < -0.39 is 22.5 Å². The van der Waals surface area contributed by atoms with Crippen molar-refractivity contribution in [2.45, 2.75) is 4.87 Å². The fourth-order valence-electron chi connectivity index (χ4n) is 2.58. The number of rotatable bonds is 1. The van der Waals surface area contributed by atoms with Gasteiger partial charge in [-0.3, -0.25) is 0 Å². The van der Waals surface area contributed by atoms with Gasteiger partial charge in [0, 0.05) is 0 Å². The van der Waals surface area contributed by atoms with Crippen molar-refractivity contribution >= 4 is 17.6 Å². The summed E-state index contributed by atoms with van der Waals surface area (Å²) in [5, 5.41) is 0. The van der Waals surface area contributed by atoms with Gasteiger partial charge in [-0.25, -0.2) is 13.6 Å². The largest absolute Gasteiger partial charge is 0.467 e. The van der Waals surface area contributed by atoms with Gasteiger partial charge < -0.3 is 4.74 Å². The maximum Gasteiger partial charge on any atom is 0.336 e. The van der Waals surface area contributed by atoms with Crippen molar-refractivity contribution in [3.8, 4) is 11.1 Å². The Hall–Kier alpha value is -1.94. The Kier molecular flexibility index (Phi) is 2.80. The number of fused-ring (bicyclic) bond motifs is 3. The fraction of sp³-hybridized carbons (Fsp3) is 0.133. The molecule has 1 aliphatic rings. The zero-order chi connectivity index (χ0) is 14.5. The molecular weight excluding hydrogens is 286 g/mol. The zero-order valence-corrected chi connectivity index (χ0v) is 11.2. The molecule has 0 saturated carbocycles. The van der Waals surface area contributed by atoms with E-state index >= 15 is 0 Å². The van der Waals surface area contributed by atoms with Crippen molar-refractivity contribution in [3.05, 3.63) is 59.2 Å². The average Bonchev–Trinajstić information content (AvgIpc) is 2.68. The molecular formula is C15H9ClF2O2. The van der Waals surface area contributed by atoms with E-state index in [9.17, 15) is 13.6 Å². The molecule has 5 heteroatoms. The molecule has 0 fully saturated rings. The number of carbonyl (C=O) groups is 1. The van der Waals surface area contributed by atoms with Crippen molar-refractivity contribution in [1.29, 1.82) is 0 Å². The van der Waals surface area contributed by atoms with Gasteiger partial charge in [0.2, 0.25) is 0 Å². The number of methoxy groups -OCH3 is 1. The minimum Gasteiger partial charge on any atom is -0.467 e. The van der Waals surface area contributed by atoms with E-state index in [0.717, 1.165) is 0 Å². The predicted octanol–water partition coefficient (Wildman–Crippen LogP) is 3.60. The second-order valence-electron chi connectivity index (χ2n) is 4.53. The van der Waals surface area contributed by atoms with Crippen molar-refractivity contribution in [1.82, 2.24) is 0 Å². The van der Waals surface area contributed by atoms with Crippen LogP contribution in [0.3, 0.4) is 0 Å². The first-order valence-corrected chi connectivity index (χ1v) is 6.24. The third-order valence-corrected chi connectivity index (χ3v) is 4.02. The molecule has 0 saturated heterocycles. The number of carbonyl (C=O) groups excluding carboxylic acids is 1. The lowest BCUT2D eigenvalue weighted by atomic mass is 9.96. The summed E-state index contributed by atoms with van der Waals surface area (Å²) < 4.78 is 31.7. The standard InChI is InChI=1S/C15H9ClF2O2/c1-20-14(19)15(16)12-6-8(17)2-4-10(12)11-5-3-9(18)7-13(11)15/h2-7H,1H3. The van der Waals surface area contributed by atoms with Crippen molar-refractivity contribution in [2.24, 2.45) is 0 Å². The predicted molar refractivity (Wildman–Crippen MR) is 70.4 cm³/mol. The second-order valence-corrected chi connectivity index (χ2v) is 5.10. The maximum atomic E-state index is 13.5. The quantitative estimate of drug-likeness (QED) is 0.593. The van der Waals surface area contributed by atoms with Crippen LogP contribution in [0, 0.1) is 11.6 Å². The summed E-state index contributed by atoms with van der Waals surface area (Å²) in [6.07, 6.45) is 0. The molecule has 0 aromatic heterocycles. The van der Waals surface area contributed by atoms with Gasteiger partial charge in [-0.1, -0.05) is 23.7 Å². The van der Waals surface area contributed by atoms with Crippen molar-refractivity contribution in [3.63, 3.8) is 0 Å². The molecule has 0 atom stereocenters. The minimum absolute atomic E-state index is 0.270. The highest BCUT2D eigenvalue weighted by molar-refractivity contribution is 6.38. The summed E-state index contributed by atoms with van der Waals surface area (Å²) in [6.45, 7) is 0. The van der Waals surface area contributed by atoms with E-state index in [2.05, 4.69) is 0 Å². The number of esters is 1. The molecule has 20 heavy (non-hydrogen) atoms. The van der Waals surface area contributed by atoms with E-state index in [4.69, 9.17) is 16.3 Å². The molecule has 1 aliphatic carbocycles. The molecule has 0 radical (unpaired) electrons. The third-order valence-electron chi connectivity index (χ3n) is 3.46. The van der Waals surface area contributed by atoms with Crippen LogP contribution in [0.25, 0.3) is 11.1 Å². The molecule has 2 aromatic carbocycles. The van der Waals surface area contributed by atoms with Crippen LogP contribution in [0.4, 0.5) is 8.78 Å². The molecule has 0 heterocycles. The van der Waals surface area contributed by atoms with E-state index in [1.807, 2.05) is 0 Å². The summed E-state index contributed by atoms with van der Waals surface area (Å²) in [4.78, 5) is 10.4. The average molecular weight is 295 g/mol. The van der Waals surface area contributed by atoms with Gasteiger partial charge in [-0.2, -0.15) is 0 Å². The van der Waals surface area contributed by atoms with E-state index in [1.54, 1.807) is 0 Å². The van der Waals surface area contributed by atoms with Crippen molar-refractivity contribution in [2.75, 3.05) is 7.11 Å². The molecule has 0 amide bonds. The molecule has 2 aromatic rings. The monoisotopic (exact) mass is 294 g/mol. The van der Waals surface area contributed by atoms with Crippen LogP contribution in [-0.2, 0) is 14.4 Å². The molecule has 2 nitrogen and oxygen atoms in total. The first-order valence-electron chi connectivity index (χ1n) is 5.86. The molecule has 0 spiro atoms. The first kappa shape index (κ1) is 13.1. The summed E-state index contributed by atoms with van der Waals surface area (Å²) in [5.74, 6) is -1.81. The summed E-state index contributed by atoms with van der Waals surface area (Å²) in [6, 6.07) is 7.94. The topological polar surface area (TPSA) is 26.3 Å². The van der Waals surface area contributed by atoms with E-state index in [0.29, 0.717) is 11.1 Å². The number of halogens is 3. The lowest BCUT2D eigenvalue weighted by Crippen LogP contribution is -2.30. The molecule has 0 unspecified atom stereocenters. The van der Waals surface area contributed by atoms with E-state index in [-0.39, 0.29) is 11.1 Å². The van der Waals surface area contributed by atoms with Crippen LogP contribution in [0.5, 0.6) is 0 Å². The normalized spacial score (nSPS) is 14.6. The molecule has 3 rings (SSSR count). The zero-order valence-electron chi connectivity index (χ0n) is 10.4. The lowest BCUT2D eigenvalue weighted by molar-refractivity contribution is -0.142. The molecule has 0 aliphatic heterocycles. The van der Waals surface area contributed by atoms with E-state index in [1.165, 1.54) is 43.5 Å². The highest BCUT2D eigenvalue weighted by atomic mass is 35.5. The molecule has 0 N–H and O–H groups in total. The Balaban J connectivity index is 2.38. The van der Waals surface area contributed by atoms with Gasteiger partial charge in [0.25, 0.3) is 0 Å². The second kappa shape index (κ2) is 4.28. The number of hydrogen-bond acceptors (Lipinski definition) is 2. The molecule has 102 valence electrons. The first-order chi connectivity index (χ1) is 9.48. The van der Waals surface area contributed by atoms with Crippen molar-refractivity contribution < 1.29 is 18.3 Å². The fourth-order valence-corrected chi connectivity index (χ4v) is 2.97. The van der Waals surface area contributed by atoms with Gasteiger partial charge >= 0.3 is 5.97 Å². The number of ether oxygens (including phenoxy) is 1. The summed E-state index contributed by atoms with van der Waals surface area (Å²) in [5.41, 5.74) is 1.74. The van der Waals surface area contributed by atoms with Crippen LogP contribution < -0.4 is 0 Å². The summed E-state index contributed by atoms with van der Waals surface area (Å²) >= 11 is 6.42. The number of benzene rings is 2. The van der Waals surface area contributed by atoms with Crippen LogP contribution in [0.1, 0.15) is 11.1 Å². The Morgan fingerprint density at radius 1 is 1.05 bits per heavy atom. The van der Waals surface area contributed by atoms with Gasteiger partial charge in [0.05, 0.1) is 7.11 Å². The number of hydrogen-bond donors (Lipinski definition) is 0. The van der Waals surface area contributed by atoms with Crippen LogP contribution in [0.2, 0.25) is 0 Å². The third kappa shape index (κ3) is 1.58. The molecule has 0 bridgehead atoms. The Morgan fingerprint density at radius 2 is 1.50 bits per heavy atom. The highest BCUT2D eigenvalue weighted by Crippen LogP contribution is 2.52.